The molecule has 0 saturated carbocycles. The van der Waals surface area contributed by atoms with Crippen LogP contribution in [0.3, 0.4) is 0 Å². The molecule has 3 rings (SSSR count). The number of thiazole rings is 1. The molecule has 2 heterocycles. The number of rotatable bonds is 1. The maximum atomic E-state index is 12.0. The fourth-order valence-electron chi connectivity index (χ4n) is 2.35. The molecule has 1 aliphatic heterocycles. The lowest BCUT2D eigenvalue weighted by atomic mass is 10.2. The summed E-state index contributed by atoms with van der Waals surface area (Å²) in [7, 11) is -2.98. The van der Waals surface area contributed by atoms with E-state index in [-0.39, 0.29) is 23.6 Å². The Hall–Kier alpha value is -0.980. The largest absolute Gasteiger partial charge is 0.305 e. The molecule has 1 aliphatic rings. The van der Waals surface area contributed by atoms with Gasteiger partial charge < -0.3 is 5.32 Å². The van der Waals surface area contributed by atoms with E-state index in [1.165, 1.54) is 0 Å². The summed E-state index contributed by atoms with van der Waals surface area (Å²) in [4.78, 5) is 4.57. The molecule has 1 saturated heterocycles. The van der Waals surface area contributed by atoms with Crippen LogP contribution in [0.25, 0.3) is 10.2 Å². The highest BCUT2D eigenvalue weighted by molar-refractivity contribution is 7.91. The first-order chi connectivity index (χ1) is 9.03. The van der Waals surface area contributed by atoms with Gasteiger partial charge in [0, 0.05) is 6.04 Å². The molecule has 6 heteroatoms. The minimum atomic E-state index is -2.98. The number of nitrogens with zero attached hydrogens (tertiary/aromatic N) is 1. The second-order valence-electron chi connectivity index (χ2n) is 5.04. The topological polar surface area (TPSA) is 59.1 Å². The molecule has 0 radical (unpaired) electrons. The molecule has 1 fully saturated rings. The van der Waals surface area contributed by atoms with Crippen LogP contribution in [0.1, 0.15) is 24.4 Å². The molecule has 2 unspecified atom stereocenters. The molecule has 0 bridgehead atoms. The van der Waals surface area contributed by atoms with Crippen molar-refractivity contribution in [1.82, 2.24) is 10.3 Å². The highest BCUT2D eigenvalue weighted by Gasteiger charge is 2.28. The van der Waals surface area contributed by atoms with E-state index < -0.39 is 9.84 Å². The Labute approximate surface area is 116 Å². The molecule has 0 spiro atoms. The zero-order valence-corrected chi connectivity index (χ0v) is 12.3. The molecule has 0 amide bonds. The lowest BCUT2D eigenvalue weighted by Gasteiger charge is -2.16. The van der Waals surface area contributed by atoms with Crippen molar-refractivity contribution in [1.29, 1.82) is 0 Å². The predicted molar refractivity (Wildman–Crippen MR) is 78.2 cm³/mol. The summed E-state index contributed by atoms with van der Waals surface area (Å²) in [5, 5.41) is 4.25. The fourth-order valence-corrected chi connectivity index (χ4v) is 5.12. The summed E-state index contributed by atoms with van der Waals surface area (Å²) in [6.45, 7) is 2.03. The van der Waals surface area contributed by atoms with E-state index in [0.29, 0.717) is 6.42 Å². The van der Waals surface area contributed by atoms with Gasteiger partial charge in [0.15, 0.2) is 9.84 Å². The fraction of sp³-hybridized carbons (Fsp3) is 0.462. The zero-order valence-electron chi connectivity index (χ0n) is 10.7. The standard InChI is InChI=1S/C13H16N2O2S2/c1-9-6-7-19(16,17)8-11(14-9)13-15-10-4-2-3-5-12(10)18-13/h2-5,9,11,14H,6-8H2,1H3. The van der Waals surface area contributed by atoms with E-state index in [1.807, 2.05) is 31.2 Å². The smallest absolute Gasteiger partial charge is 0.152 e. The molecule has 1 N–H and O–H groups in total. The number of nitrogens with one attached hydrogen (secondary N) is 1. The van der Waals surface area contributed by atoms with Crippen molar-refractivity contribution >= 4 is 31.4 Å². The van der Waals surface area contributed by atoms with Gasteiger partial charge in [0.2, 0.25) is 0 Å². The zero-order chi connectivity index (χ0) is 13.5. The van der Waals surface area contributed by atoms with E-state index in [1.54, 1.807) is 11.3 Å². The first-order valence-corrected chi connectivity index (χ1v) is 8.99. The Kier molecular flexibility index (Phi) is 3.32. The van der Waals surface area contributed by atoms with Gasteiger partial charge in [-0.3, -0.25) is 0 Å². The molecule has 2 atom stereocenters. The summed E-state index contributed by atoms with van der Waals surface area (Å²) < 4.78 is 25.0. The Morgan fingerprint density at radius 3 is 2.95 bits per heavy atom. The van der Waals surface area contributed by atoms with Crippen LogP contribution >= 0.6 is 11.3 Å². The summed E-state index contributed by atoms with van der Waals surface area (Å²) in [5.74, 6) is 0.416. The van der Waals surface area contributed by atoms with Crippen LogP contribution in [0.2, 0.25) is 0 Å². The average molecular weight is 296 g/mol. The third-order valence-corrected chi connectivity index (χ3v) is 6.23. The molecule has 1 aromatic heterocycles. The van der Waals surface area contributed by atoms with Gasteiger partial charge in [-0.2, -0.15) is 0 Å². The van der Waals surface area contributed by atoms with Crippen molar-refractivity contribution in [3.8, 4) is 0 Å². The number of fused-ring (bicyclic) bond motifs is 1. The minimum absolute atomic E-state index is 0.150. The van der Waals surface area contributed by atoms with Gasteiger partial charge >= 0.3 is 0 Å². The minimum Gasteiger partial charge on any atom is -0.305 e. The molecule has 1 aromatic carbocycles. The molecular formula is C13H16N2O2S2. The van der Waals surface area contributed by atoms with Crippen LogP contribution in [-0.4, -0.2) is 30.9 Å². The van der Waals surface area contributed by atoms with Gasteiger partial charge in [-0.15, -0.1) is 11.3 Å². The average Bonchev–Trinajstić information content (AvgIpc) is 2.73. The van der Waals surface area contributed by atoms with E-state index >= 15 is 0 Å². The maximum absolute atomic E-state index is 12.0. The van der Waals surface area contributed by atoms with E-state index in [4.69, 9.17) is 0 Å². The lowest BCUT2D eigenvalue weighted by molar-refractivity contribution is 0.483. The normalized spacial score (nSPS) is 27.2. The van der Waals surface area contributed by atoms with Gasteiger partial charge in [0.25, 0.3) is 0 Å². The number of benzene rings is 1. The Morgan fingerprint density at radius 2 is 2.16 bits per heavy atom. The van der Waals surface area contributed by atoms with Crippen molar-refractivity contribution in [2.75, 3.05) is 11.5 Å². The SMILES string of the molecule is CC1CCS(=O)(=O)CC(c2nc3ccccc3s2)N1. The van der Waals surface area contributed by atoms with Crippen LogP contribution < -0.4 is 5.32 Å². The van der Waals surface area contributed by atoms with Gasteiger partial charge in [-0.1, -0.05) is 12.1 Å². The van der Waals surface area contributed by atoms with E-state index in [0.717, 1.165) is 15.2 Å². The molecule has 102 valence electrons. The summed E-state index contributed by atoms with van der Waals surface area (Å²) in [5.41, 5.74) is 0.943. The highest BCUT2D eigenvalue weighted by Crippen LogP contribution is 2.28. The Balaban J connectivity index is 1.99. The van der Waals surface area contributed by atoms with Crippen molar-refractivity contribution in [2.45, 2.75) is 25.4 Å². The molecule has 4 nitrogen and oxygen atoms in total. The van der Waals surface area contributed by atoms with Crippen LogP contribution in [-0.2, 0) is 9.84 Å². The number of aromatic nitrogens is 1. The Morgan fingerprint density at radius 1 is 1.37 bits per heavy atom. The number of sulfone groups is 1. The maximum Gasteiger partial charge on any atom is 0.152 e. The van der Waals surface area contributed by atoms with E-state index in [9.17, 15) is 8.42 Å². The van der Waals surface area contributed by atoms with Crippen LogP contribution in [0.15, 0.2) is 24.3 Å². The van der Waals surface area contributed by atoms with Crippen molar-refractivity contribution in [2.24, 2.45) is 0 Å². The third-order valence-electron chi connectivity index (χ3n) is 3.38. The molecule has 19 heavy (non-hydrogen) atoms. The van der Waals surface area contributed by atoms with E-state index in [2.05, 4.69) is 10.3 Å². The first-order valence-electron chi connectivity index (χ1n) is 6.35. The first kappa shape index (κ1) is 13.0. The van der Waals surface area contributed by atoms with Crippen molar-refractivity contribution in [3.05, 3.63) is 29.3 Å². The third kappa shape index (κ3) is 2.80. The molecule has 2 aromatic rings. The lowest BCUT2D eigenvalue weighted by Crippen LogP contribution is -2.30. The van der Waals surface area contributed by atoms with Gasteiger partial charge in [-0.25, -0.2) is 13.4 Å². The number of hydrogen-bond donors (Lipinski definition) is 1. The van der Waals surface area contributed by atoms with Crippen LogP contribution in [0, 0.1) is 0 Å². The molecular weight excluding hydrogens is 280 g/mol. The second-order valence-corrected chi connectivity index (χ2v) is 8.33. The van der Waals surface area contributed by atoms with Crippen LogP contribution in [0.5, 0.6) is 0 Å². The number of para-hydroxylation sites is 1. The van der Waals surface area contributed by atoms with Crippen molar-refractivity contribution < 1.29 is 8.42 Å². The highest BCUT2D eigenvalue weighted by atomic mass is 32.2. The summed E-state index contributed by atoms with van der Waals surface area (Å²) >= 11 is 1.58. The monoisotopic (exact) mass is 296 g/mol. The summed E-state index contributed by atoms with van der Waals surface area (Å²) in [6, 6.07) is 7.93. The predicted octanol–water partition coefficient (Wildman–Crippen LogP) is 2.13. The van der Waals surface area contributed by atoms with Crippen LogP contribution in [0.4, 0.5) is 0 Å². The number of hydrogen-bond acceptors (Lipinski definition) is 5. The quantitative estimate of drug-likeness (QED) is 0.876. The second kappa shape index (κ2) is 4.85. The summed E-state index contributed by atoms with van der Waals surface area (Å²) in [6.07, 6.45) is 0.670. The molecule has 0 aliphatic carbocycles. The van der Waals surface area contributed by atoms with Gasteiger partial charge in [-0.05, 0) is 25.5 Å². The van der Waals surface area contributed by atoms with Gasteiger partial charge in [0.05, 0.1) is 27.8 Å². The van der Waals surface area contributed by atoms with Crippen molar-refractivity contribution in [3.63, 3.8) is 0 Å². The Bertz CT molecular complexity index is 660. The van der Waals surface area contributed by atoms with Gasteiger partial charge in [0.1, 0.15) is 5.01 Å².